The summed E-state index contributed by atoms with van der Waals surface area (Å²) in [5.41, 5.74) is 5.82. The van der Waals surface area contributed by atoms with Crippen LogP contribution < -0.4 is 11.1 Å². The van der Waals surface area contributed by atoms with Crippen LogP contribution in [-0.2, 0) is 0 Å². The molecule has 6 heteroatoms. The van der Waals surface area contributed by atoms with Crippen LogP contribution in [0.4, 0.5) is 5.82 Å². The second-order valence-electron chi connectivity index (χ2n) is 4.17. The van der Waals surface area contributed by atoms with E-state index in [-0.39, 0.29) is 5.91 Å². The van der Waals surface area contributed by atoms with Crippen LogP contribution in [-0.4, -0.2) is 47.2 Å². The molecule has 1 amide bonds. The topological polar surface area (TPSA) is 87.0 Å². The maximum absolute atomic E-state index is 11.6. The fraction of sp³-hybridized carbons (Fsp3) is 0.600. The van der Waals surface area contributed by atoms with Gasteiger partial charge in [-0.2, -0.15) is 5.10 Å². The molecule has 0 aliphatic heterocycles. The Hall–Kier alpha value is -1.56. The Morgan fingerprint density at radius 1 is 1.75 bits per heavy atom. The van der Waals surface area contributed by atoms with Crippen LogP contribution in [0.5, 0.6) is 0 Å². The van der Waals surface area contributed by atoms with Gasteiger partial charge in [0.25, 0.3) is 5.91 Å². The third-order valence-corrected chi connectivity index (χ3v) is 2.76. The van der Waals surface area contributed by atoms with Gasteiger partial charge in [0.2, 0.25) is 0 Å². The van der Waals surface area contributed by atoms with Gasteiger partial charge in [-0.25, -0.2) is 0 Å². The Kier molecular flexibility index (Phi) is 3.09. The van der Waals surface area contributed by atoms with Crippen molar-refractivity contribution < 1.29 is 4.79 Å². The van der Waals surface area contributed by atoms with Gasteiger partial charge in [0.15, 0.2) is 0 Å². The molecule has 1 aromatic heterocycles. The Labute approximate surface area is 94.2 Å². The summed E-state index contributed by atoms with van der Waals surface area (Å²) in [4.78, 5) is 13.8. The van der Waals surface area contributed by atoms with Crippen LogP contribution in [0, 0.1) is 0 Å². The standard InChI is InChI=1S/C10H17N5O/c1-15(7-2-3-7)5-4-12-10(16)8-6-9(11)14-13-8/h6-7H,2-5H2,1H3,(H,12,16)(H3,11,13,14). The van der Waals surface area contributed by atoms with Gasteiger partial charge in [-0.05, 0) is 19.9 Å². The summed E-state index contributed by atoms with van der Waals surface area (Å²) in [6, 6.07) is 2.25. The number of nitrogens with two attached hydrogens (primary N) is 1. The van der Waals surface area contributed by atoms with Crippen molar-refractivity contribution in [1.29, 1.82) is 0 Å². The zero-order valence-corrected chi connectivity index (χ0v) is 9.36. The van der Waals surface area contributed by atoms with Crippen LogP contribution in [0.15, 0.2) is 6.07 Å². The highest BCUT2D eigenvalue weighted by atomic mass is 16.1. The first-order valence-corrected chi connectivity index (χ1v) is 5.46. The van der Waals surface area contributed by atoms with Crippen LogP contribution in [0.1, 0.15) is 23.3 Å². The monoisotopic (exact) mass is 223 g/mol. The minimum atomic E-state index is -0.159. The molecule has 88 valence electrons. The van der Waals surface area contributed by atoms with Gasteiger partial charge in [-0.3, -0.25) is 9.89 Å². The quantitative estimate of drug-likeness (QED) is 0.646. The first-order chi connectivity index (χ1) is 7.66. The van der Waals surface area contributed by atoms with E-state index in [1.54, 1.807) is 0 Å². The average Bonchev–Trinajstić information content (AvgIpc) is 3.01. The van der Waals surface area contributed by atoms with Crippen molar-refractivity contribution in [3.8, 4) is 0 Å². The predicted octanol–water partition coefficient (Wildman–Crippen LogP) is -0.184. The molecular formula is C10H17N5O. The number of nitrogen functional groups attached to an aromatic ring is 1. The van der Waals surface area contributed by atoms with E-state index < -0.39 is 0 Å². The molecule has 1 aliphatic rings. The number of H-pyrrole nitrogens is 1. The minimum Gasteiger partial charge on any atom is -0.382 e. The first-order valence-electron chi connectivity index (χ1n) is 5.46. The number of carbonyl (C=O) groups is 1. The van der Waals surface area contributed by atoms with Crippen LogP contribution in [0.3, 0.4) is 0 Å². The lowest BCUT2D eigenvalue weighted by Crippen LogP contribution is -2.34. The molecule has 0 unspecified atom stereocenters. The van der Waals surface area contributed by atoms with Crippen LogP contribution in [0.2, 0.25) is 0 Å². The summed E-state index contributed by atoms with van der Waals surface area (Å²) in [6.45, 7) is 1.52. The molecule has 0 spiro atoms. The Morgan fingerprint density at radius 3 is 3.06 bits per heavy atom. The third-order valence-electron chi connectivity index (χ3n) is 2.76. The average molecular weight is 223 g/mol. The predicted molar refractivity (Wildman–Crippen MR) is 61.0 cm³/mol. The number of carbonyl (C=O) groups excluding carboxylic acids is 1. The second-order valence-corrected chi connectivity index (χ2v) is 4.17. The highest BCUT2D eigenvalue weighted by molar-refractivity contribution is 5.92. The summed E-state index contributed by atoms with van der Waals surface area (Å²) in [7, 11) is 2.08. The van der Waals surface area contributed by atoms with Crippen molar-refractivity contribution in [3.05, 3.63) is 11.8 Å². The van der Waals surface area contributed by atoms with E-state index >= 15 is 0 Å². The van der Waals surface area contributed by atoms with Gasteiger partial charge >= 0.3 is 0 Å². The van der Waals surface area contributed by atoms with Crippen molar-refractivity contribution in [2.45, 2.75) is 18.9 Å². The number of amides is 1. The number of hydrogen-bond acceptors (Lipinski definition) is 4. The van der Waals surface area contributed by atoms with Gasteiger partial charge in [-0.15, -0.1) is 0 Å². The minimum absolute atomic E-state index is 0.159. The number of rotatable bonds is 5. The van der Waals surface area contributed by atoms with Crippen molar-refractivity contribution in [1.82, 2.24) is 20.4 Å². The van der Waals surface area contributed by atoms with Crippen molar-refractivity contribution in [2.75, 3.05) is 25.9 Å². The van der Waals surface area contributed by atoms with E-state index in [1.807, 2.05) is 0 Å². The molecule has 6 nitrogen and oxygen atoms in total. The van der Waals surface area contributed by atoms with E-state index in [2.05, 4.69) is 27.5 Å². The normalized spacial score (nSPS) is 15.4. The molecule has 1 saturated carbocycles. The molecular weight excluding hydrogens is 206 g/mol. The molecule has 1 aromatic rings. The zero-order chi connectivity index (χ0) is 11.5. The molecule has 16 heavy (non-hydrogen) atoms. The van der Waals surface area contributed by atoms with Gasteiger partial charge in [0.05, 0.1) is 0 Å². The number of aromatic amines is 1. The molecule has 0 saturated heterocycles. The van der Waals surface area contributed by atoms with E-state index in [0.717, 1.165) is 12.6 Å². The van der Waals surface area contributed by atoms with E-state index in [4.69, 9.17) is 5.73 Å². The number of aromatic nitrogens is 2. The molecule has 1 heterocycles. The summed E-state index contributed by atoms with van der Waals surface area (Å²) in [5.74, 6) is 0.175. The largest absolute Gasteiger partial charge is 0.382 e. The molecule has 0 atom stereocenters. The number of nitrogens with zero attached hydrogens (tertiary/aromatic N) is 2. The highest BCUT2D eigenvalue weighted by Gasteiger charge is 2.25. The lowest BCUT2D eigenvalue weighted by atomic mass is 10.4. The second kappa shape index (κ2) is 4.52. The van der Waals surface area contributed by atoms with Gasteiger partial charge < -0.3 is 16.0 Å². The van der Waals surface area contributed by atoms with Crippen molar-refractivity contribution in [2.24, 2.45) is 0 Å². The zero-order valence-electron chi connectivity index (χ0n) is 9.36. The van der Waals surface area contributed by atoms with E-state index in [1.165, 1.54) is 18.9 Å². The van der Waals surface area contributed by atoms with Crippen LogP contribution in [0.25, 0.3) is 0 Å². The van der Waals surface area contributed by atoms with Gasteiger partial charge in [0, 0.05) is 25.2 Å². The number of hydrogen-bond donors (Lipinski definition) is 3. The maximum atomic E-state index is 11.6. The molecule has 0 bridgehead atoms. The molecule has 0 aromatic carbocycles. The Bertz CT molecular complexity index is 371. The first kappa shape index (κ1) is 10.9. The van der Waals surface area contributed by atoms with Gasteiger partial charge in [-0.1, -0.05) is 0 Å². The fourth-order valence-corrected chi connectivity index (χ4v) is 1.59. The summed E-state index contributed by atoms with van der Waals surface area (Å²) < 4.78 is 0. The molecule has 0 radical (unpaired) electrons. The number of nitrogens with one attached hydrogen (secondary N) is 2. The number of anilines is 1. The van der Waals surface area contributed by atoms with E-state index in [9.17, 15) is 4.79 Å². The summed E-state index contributed by atoms with van der Waals surface area (Å²) in [5, 5.41) is 9.10. The lowest BCUT2D eigenvalue weighted by molar-refractivity contribution is 0.0944. The molecule has 2 rings (SSSR count). The van der Waals surface area contributed by atoms with Crippen molar-refractivity contribution in [3.63, 3.8) is 0 Å². The maximum Gasteiger partial charge on any atom is 0.269 e. The Morgan fingerprint density at radius 2 is 2.50 bits per heavy atom. The highest BCUT2D eigenvalue weighted by Crippen LogP contribution is 2.24. The molecule has 4 N–H and O–H groups in total. The van der Waals surface area contributed by atoms with Crippen LogP contribution >= 0.6 is 0 Å². The fourth-order valence-electron chi connectivity index (χ4n) is 1.59. The number of likely N-dealkylation sites (N-methyl/N-ethyl adjacent to an activating group) is 1. The smallest absolute Gasteiger partial charge is 0.269 e. The van der Waals surface area contributed by atoms with Gasteiger partial charge in [0.1, 0.15) is 11.5 Å². The lowest BCUT2D eigenvalue weighted by Gasteiger charge is -2.15. The molecule has 1 aliphatic carbocycles. The van der Waals surface area contributed by atoms with Crippen molar-refractivity contribution >= 4 is 11.7 Å². The molecule has 1 fully saturated rings. The summed E-state index contributed by atoms with van der Waals surface area (Å²) in [6.07, 6.45) is 2.56. The van der Waals surface area contributed by atoms with E-state index in [0.29, 0.717) is 18.1 Å². The third kappa shape index (κ3) is 2.73. The summed E-state index contributed by atoms with van der Waals surface area (Å²) >= 11 is 0. The Balaban J connectivity index is 1.71. The SMILES string of the molecule is CN(CCNC(=O)c1cc(N)n[nH]1)C1CC1.